The van der Waals surface area contributed by atoms with Crippen LogP contribution in [0.3, 0.4) is 0 Å². The van der Waals surface area contributed by atoms with E-state index in [-0.39, 0.29) is 5.92 Å². The highest BCUT2D eigenvalue weighted by Crippen LogP contribution is 2.04. The van der Waals surface area contributed by atoms with Crippen LogP contribution in [0.4, 0.5) is 9.59 Å². The normalized spacial score (nSPS) is 24.6. The predicted molar refractivity (Wildman–Crippen MR) is 38.5 cm³/mol. The average Bonchev–Trinajstić information content (AvgIpc) is 1.94. The number of rotatable bonds is 0. The van der Waals surface area contributed by atoms with Crippen LogP contribution in [-0.4, -0.2) is 30.1 Å². The number of nitrogens with one attached hydrogen (secondary N) is 1. The molecule has 1 rings (SSSR count). The van der Waals surface area contributed by atoms with Gasteiger partial charge in [0.25, 0.3) is 0 Å². The van der Waals surface area contributed by atoms with Crippen LogP contribution in [0.2, 0.25) is 0 Å². The first-order valence-electron chi connectivity index (χ1n) is 3.29. The van der Waals surface area contributed by atoms with E-state index in [9.17, 15) is 9.59 Å². The molecule has 4 amide bonds. The summed E-state index contributed by atoms with van der Waals surface area (Å²) in [5, 5.41) is 2.49. The number of imide groups is 1. The van der Waals surface area contributed by atoms with Crippen molar-refractivity contribution >= 4 is 12.1 Å². The summed E-state index contributed by atoms with van der Waals surface area (Å²) < 4.78 is 0. The van der Waals surface area contributed by atoms with E-state index < -0.39 is 12.1 Å². The van der Waals surface area contributed by atoms with Crippen molar-refractivity contribution in [1.82, 2.24) is 10.2 Å². The van der Waals surface area contributed by atoms with E-state index in [4.69, 9.17) is 5.73 Å². The Kier molecular flexibility index (Phi) is 1.98. The highest BCUT2D eigenvalue weighted by Gasteiger charge is 2.25. The molecule has 0 aliphatic carbocycles. The fourth-order valence-corrected chi connectivity index (χ4v) is 0.923. The Balaban J connectivity index is 2.61. The van der Waals surface area contributed by atoms with Crippen molar-refractivity contribution in [3.8, 4) is 0 Å². The van der Waals surface area contributed by atoms with Crippen LogP contribution in [0.15, 0.2) is 0 Å². The maximum atomic E-state index is 10.9. The lowest BCUT2D eigenvalue weighted by atomic mass is 10.1. The molecule has 0 aromatic heterocycles. The van der Waals surface area contributed by atoms with Crippen molar-refractivity contribution in [3.05, 3.63) is 6.92 Å². The second kappa shape index (κ2) is 2.77. The number of hydrogen-bond donors (Lipinski definition) is 2. The number of amides is 4. The van der Waals surface area contributed by atoms with Gasteiger partial charge in [-0.2, -0.15) is 0 Å². The third-order valence-electron chi connectivity index (χ3n) is 1.49. The molecular weight excluding hydrogens is 146 g/mol. The molecule has 1 saturated heterocycles. The lowest BCUT2D eigenvalue weighted by Crippen LogP contribution is -2.54. The van der Waals surface area contributed by atoms with E-state index in [0.29, 0.717) is 13.1 Å². The number of nitrogens with two attached hydrogens (primary N) is 1. The molecule has 3 N–H and O–H groups in total. The standard InChI is InChI=1S/C6H10N3O2/c1-4-2-8-6(11)9(3-4)5(7)10/h4H,1-3H2,(H2,7,10)(H,8,11). The molecule has 0 aromatic carbocycles. The molecule has 11 heavy (non-hydrogen) atoms. The van der Waals surface area contributed by atoms with E-state index in [1.165, 1.54) is 0 Å². The minimum Gasteiger partial charge on any atom is -0.351 e. The third kappa shape index (κ3) is 1.60. The molecule has 1 aliphatic heterocycles. The van der Waals surface area contributed by atoms with Gasteiger partial charge in [0.1, 0.15) is 0 Å². The molecule has 0 spiro atoms. The quantitative estimate of drug-likeness (QED) is 0.498. The Bertz CT molecular complexity index is 192. The van der Waals surface area contributed by atoms with Crippen LogP contribution >= 0.6 is 0 Å². The molecule has 1 heterocycles. The number of carbonyl (C=O) groups is 2. The summed E-state index contributed by atoms with van der Waals surface area (Å²) in [6, 6.07) is -1.16. The maximum absolute atomic E-state index is 10.9. The van der Waals surface area contributed by atoms with E-state index >= 15 is 0 Å². The Morgan fingerprint density at radius 2 is 2.45 bits per heavy atom. The zero-order chi connectivity index (χ0) is 8.43. The summed E-state index contributed by atoms with van der Waals surface area (Å²) >= 11 is 0. The highest BCUT2D eigenvalue weighted by atomic mass is 16.2. The van der Waals surface area contributed by atoms with Gasteiger partial charge in [-0.3, -0.25) is 0 Å². The fraction of sp³-hybridized carbons (Fsp3) is 0.500. The molecule has 1 unspecified atom stereocenters. The summed E-state index contributed by atoms with van der Waals surface area (Å²) in [6.07, 6.45) is 0. The first kappa shape index (κ1) is 7.84. The van der Waals surface area contributed by atoms with Gasteiger partial charge in [-0.05, 0) is 12.8 Å². The van der Waals surface area contributed by atoms with E-state index in [2.05, 4.69) is 12.2 Å². The Morgan fingerprint density at radius 3 is 2.91 bits per heavy atom. The van der Waals surface area contributed by atoms with Crippen molar-refractivity contribution in [3.63, 3.8) is 0 Å². The molecule has 5 nitrogen and oxygen atoms in total. The molecule has 1 fully saturated rings. The van der Waals surface area contributed by atoms with Crippen molar-refractivity contribution in [1.29, 1.82) is 0 Å². The molecule has 0 bridgehead atoms. The largest absolute Gasteiger partial charge is 0.351 e. The Hall–Kier alpha value is -1.26. The second-order valence-electron chi connectivity index (χ2n) is 2.50. The zero-order valence-corrected chi connectivity index (χ0v) is 6.04. The SMILES string of the molecule is [CH2]C1CNC(=O)N(C(N)=O)C1. The number of carbonyl (C=O) groups excluding carboxylic acids is 2. The number of primary amides is 1. The van der Waals surface area contributed by atoms with Gasteiger partial charge < -0.3 is 11.1 Å². The molecule has 0 aromatic rings. The van der Waals surface area contributed by atoms with Crippen LogP contribution in [0, 0.1) is 12.8 Å². The van der Waals surface area contributed by atoms with Crippen LogP contribution in [0.1, 0.15) is 0 Å². The second-order valence-corrected chi connectivity index (χ2v) is 2.50. The van der Waals surface area contributed by atoms with Crippen molar-refractivity contribution in [2.24, 2.45) is 11.7 Å². The first-order valence-corrected chi connectivity index (χ1v) is 3.29. The zero-order valence-electron chi connectivity index (χ0n) is 6.04. The third-order valence-corrected chi connectivity index (χ3v) is 1.49. The lowest BCUT2D eigenvalue weighted by Gasteiger charge is -2.28. The van der Waals surface area contributed by atoms with Crippen molar-refractivity contribution in [2.75, 3.05) is 13.1 Å². The highest BCUT2D eigenvalue weighted by molar-refractivity contribution is 5.93. The smallest absolute Gasteiger partial charge is 0.325 e. The van der Waals surface area contributed by atoms with Crippen LogP contribution in [0.5, 0.6) is 0 Å². The van der Waals surface area contributed by atoms with E-state index in [0.717, 1.165) is 4.90 Å². The monoisotopic (exact) mass is 156 g/mol. The van der Waals surface area contributed by atoms with Gasteiger partial charge >= 0.3 is 12.1 Å². The van der Waals surface area contributed by atoms with Gasteiger partial charge in [-0.15, -0.1) is 0 Å². The molecule has 1 aliphatic rings. The van der Waals surface area contributed by atoms with Crippen molar-refractivity contribution < 1.29 is 9.59 Å². The predicted octanol–water partition coefficient (Wildman–Crippen LogP) is -0.459. The fourth-order valence-electron chi connectivity index (χ4n) is 0.923. The van der Waals surface area contributed by atoms with Crippen molar-refractivity contribution in [2.45, 2.75) is 0 Å². The van der Waals surface area contributed by atoms with Crippen LogP contribution in [-0.2, 0) is 0 Å². The van der Waals surface area contributed by atoms with Gasteiger partial charge in [0.05, 0.1) is 0 Å². The van der Waals surface area contributed by atoms with Crippen LogP contribution < -0.4 is 11.1 Å². The molecule has 5 heteroatoms. The number of hydrogen-bond acceptors (Lipinski definition) is 2. The molecule has 1 radical (unpaired) electrons. The first-order chi connectivity index (χ1) is 5.11. The van der Waals surface area contributed by atoms with Crippen LogP contribution in [0.25, 0.3) is 0 Å². The van der Waals surface area contributed by atoms with Gasteiger partial charge in [-0.25, -0.2) is 14.5 Å². The number of urea groups is 2. The molecule has 61 valence electrons. The Labute approximate surface area is 64.5 Å². The summed E-state index contributed by atoms with van der Waals surface area (Å²) in [4.78, 5) is 22.4. The van der Waals surface area contributed by atoms with Gasteiger partial charge in [0, 0.05) is 13.1 Å². The molecular formula is C6H10N3O2. The summed E-state index contributed by atoms with van der Waals surface area (Å²) in [6.45, 7) is 4.51. The summed E-state index contributed by atoms with van der Waals surface area (Å²) in [5.74, 6) is 0.0280. The van der Waals surface area contributed by atoms with E-state index in [1.54, 1.807) is 0 Å². The average molecular weight is 156 g/mol. The van der Waals surface area contributed by atoms with Gasteiger partial charge in [-0.1, -0.05) is 0 Å². The maximum Gasteiger partial charge on any atom is 0.325 e. The van der Waals surface area contributed by atoms with E-state index in [1.807, 2.05) is 0 Å². The number of nitrogens with zero attached hydrogens (tertiary/aromatic N) is 1. The summed E-state index contributed by atoms with van der Waals surface area (Å²) in [7, 11) is 0. The van der Waals surface area contributed by atoms with Gasteiger partial charge in [0.2, 0.25) is 0 Å². The Morgan fingerprint density at radius 1 is 1.82 bits per heavy atom. The van der Waals surface area contributed by atoms with Gasteiger partial charge in [0.15, 0.2) is 0 Å². The lowest BCUT2D eigenvalue weighted by molar-refractivity contribution is 0.175. The molecule has 1 atom stereocenters. The minimum atomic E-state index is -0.726. The summed E-state index contributed by atoms with van der Waals surface area (Å²) in [5.41, 5.74) is 4.92. The molecule has 0 saturated carbocycles. The minimum absolute atomic E-state index is 0.0280. The topological polar surface area (TPSA) is 75.4 Å².